The molecular formula is C37H36N2O7. The predicted octanol–water partition coefficient (Wildman–Crippen LogP) is 5.41. The summed E-state index contributed by atoms with van der Waals surface area (Å²) in [5.41, 5.74) is 2.36. The third-order valence-electron chi connectivity index (χ3n) is 10.7. The second kappa shape index (κ2) is 10.9. The van der Waals surface area contributed by atoms with Gasteiger partial charge in [-0.1, -0.05) is 48.9 Å². The van der Waals surface area contributed by atoms with Gasteiger partial charge in [0.15, 0.2) is 11.5 Å². The molecule has 6 unspecified atom stereocenters. The average Bonchev–Trinajstić information content (AvgIpc) is 3.44. The van der Waals surface area contributed by atoms with Crippen molar-refractivity contribution in [3.05, 3.63) is 89.5 Å². The minimum absolute atomic E-state index is 0.163. The van der Waals surface area contributed by atoms with Crippen molar-refractivity contribution in [1.82, 2.24) is 0 Å². The molecule has 1 saturated carbocycles. The number of phenolic OH excluding ortho intramolecular Hbond substituents is 1. The average molecular weight is 621 g/mol. The maximum atomic E-state index is 14.6. The standard InChI is InChI=1S/C37H36N2O7/c1-5-20-11-13-23(14-12-20)38-33(41)25-16-15-24-26(30(25)35(38)43)19-27-34(42)39(22-9-7-6-8-10-22)36(44)37(27,2)31(24)21-17-28(45-3)32(40)29(18-21)46-4/h6-15,17-18,25-27,30-31,40H,5,16,19H2,1-4H3. The zero-order chi connectivity index (χ0) is 32.5. The molecule has 4 aliphatic rings. The number of phenols is 1. The Morgan fingerprint density at radius 3 is 2.07 bits per heavy atom. The van der Waals surface area contributed by atoms with Crippen molar-refractivity contribution in [2.45, 2.75) is 39.0 Å². The predicted molar refractivity (Wildman–Crippen MR) is 171 cm³/mol. The topological polar surface area (TPSA) is 113 Å². The molecule has 0 spiro atoms. The van der Waals surface area contributed by atoms with Gasteiger partial charge >= 0.3 is 0 Å². The van der Waals surface area contributed by atoms with E-state index < -0.39 is 35.0 Å². The first kappa shape index (κ1) is 29.8. The second-order valence-electron chi connectivity index (χ2n) is 12.8. The molecular weight excluding hydrogens is 584 g/mol. The smallest absolute Gasteiger partial charge is 0.241 e. The van der Waals surface area contributed by atoms with Crippen molar-refractivity contribution in [3.8, 4) is 17.2 Å². The van der Waals surface area contributed by atoms with E-state index in [9.17, 15) is 24.3 Å². The summed E-state index contributed by atoms with van der Waals surface area (Å²) in [4.78, 5) is 59.6. The number of imide groups is 2. The number of para-hydroxylation sites is 1. The first-order chi connectivity index (χ1) is 22.1. The van der Waals surface area contributed by atoms with Crippen LogP contribution >= 0.6 is 0 Å². The molecule has 0 bridgehead atoms. The molecule has 3 aromatic carbocycles. The number of hydrogen-bond donors (Lipinski definition) is 1. The zero-order valence-electron chi connectivity index (χ0n) is 26.2. The van der Waals surface area contributed by atoms with E-state index in [0.717, 1.165) is 17.6 Å². The SMILES string of the molecule is CCc1ccc(N2C(=O)C3CC=C4C(CC5C(=O)N(c6ccccc6)C(=O)C5(C)C4c4cc(OC)c(O)c(OC)c4)C3C2=O)cc1. The first-order valence-electron chi connectivity index (χ1n) is 15.7. The van der Waals surface area contributed by atoms with Crippen LogP contribution in [0.25, 0.3) is 0 Å². The van der Waals surface area contributed by atoms with Gasteiger partial charge in [0.2, 0.25) is 29.4 Å². The van der Waals surface area contributed by atoms with E-state index in [1.54, 1.807) is 36.4 Å². The van der Waals surface area contributed by atoms with Crippen molar-refractivity contribution in [2.75, 3.05) is 24.0 Å². The van der Waals surface area contributed by atoms with Crippen LogP contribution in [0.4, 0.5) is 11.4 Å². The summed E-state index contributed by atoms with van der Waals surface area (Å²) in [7, 11) is 2.87. The lowest BCUT2D eigenvalue weighted by Crippen LogP contribution is -2.48. The van der Waals surface area contributed by atoms with E-state index in [4.69, 9.17) is 9.47 Å². The summed E-state index contributed by atoms with van der Waals surface area (Å²) in [6.45, 7) is 3.87. The van der Waals surface area contributed by atoms with E-state index in [1.165, 1.54) is 24.0 Å². The summed E-state index contributed by atoms with van der Waals surface area (Å²) in [5.74, 6) is -4.18. The number of carbonyl (C=O) groups is 4. The molecule has 7 rings (SSSR count). The van der Waals surface area contributed by atoms with Crippen LogP contribution in [0.5, 0.6) is 17.2 Å². The lowest BCUT2D eigenvalue weighted by atomic mass is 9.51. The molecule has 3 aromatic rings. The lowest BCUT2D eigenvalue weighted by molar-refractivity contribution is -0.131. The van der Waals surface area contributed by atoms with Gasteiger partial charge in [0.1, 0.15) is 0 Å². The summed E-state index contributed by atoms with van der Waals surface area (Å²) < 4.78 is 11.0. The Kier molecular flexibility index (Phi) is 7.03. The number of benzene rings is 3. The van der Waals surface area contributed by atoms with Gasteiger partial charge in [-0.3, -0.25) is 24.1 Å². The van der Waals surface area contributed by atoms with Crippen molar-refractivity contribution < 1.29 is 33.8 Å². The minimum Gasteiger partial charge on any atom is -0.502 e. The highest BCUT2D eigenvalue weighted by molar-refractivity contribution is 6.25. The highest BCUT2D eigenvalue weighted by Crippen LogP contribution is 2.64. The number of hydrogen-bond acceptors (Lipinski definition) is 7. The van der Waals surface area contributed by atoms with Crippen LogP contribution in [-0.4, -0.2) is 43.0 Å². The maximum Gasteiger partial charge on any atom is 0.241 e. The van der Waals surface area contributed by atoms with Gasteiger partial charge in [-0.15, -0.1) is 0 Å². The number of amides is 4. The Morgan fingerprint density at radius 2 is 1.46 bits per heavy atom. The van der Waals surface area contributed by atoms with Crippen LogP contribution in [0.1, 0.15) is 43.7 Å². The molecule has 236 valence electrons. The number of allylic oxidation sites excluding steroid dienone is 2. The molecule has 9 nitrogen and oxygen atoms in total. The third kappa shape index (κ3) is 4.06. The fraction of sp³-hybridized carbons (Fsp3) is 0.351. The third-order valence-corrected chi connectivity index (χ3v) is 10.7. The van der Waals surface area contributed by atoms with E-state index in [-0.39, 0.29) is 47.3 Å². The van der Waals surface area contributed by atoms with E-state index in [2.05, 4.69) is 0 Å². The Bertz CT molecular complexity index is 1770. The van der Waals surface area contributed by atoms with Crippen LogP contribution < -0.4 is 19.3 Å². The summed E-state index contributed by atoms with van der Waals surface area (Å²) in [6.07, 6.45) is 3.42. The molecule has 9 heteroatoms. The van der Waals surface area contributed by atoms with Gasteiger partial charge < -0.3 is 14.6 Å². The molecule has 2 aliphatic heterocycles. The Labute approximate surface area is 267 Å². The van der Waals surface area contributed by atoms with Gasteiger partial charge in [0, 0.05) is 5.92 Å². The van der Waals surface area contributed by atoms with Crippen molar-refractivity contribution in [1.29, 1.82) is 0 Å². The molecule has 3 fully saturated rings. The number of aromatic hydroxyl groups is 1. The number of fused-ring (bicyclic) bond motifs is 4. The number of rotatable bonds is 6. The highest BCUT2D eigenvalue weighted by Gasteiger charge is 2.67. The number of carbonyl (C=O) groups excluding carboxylic acids is 4. The monoisotopic (exact) mass is 620 g/mol. The summed E-state index contributed by atoms with van der Waals surface area (Å²) in [6, 6.07) is 19.7. The number of nitrogens with zero attached hydrogens (tertiary/aromatic N) is 2. The molecule has 4 amide bonds. The van der Waals surface area contributed by atoms with Crippen LogP contribution in [0.15, 0.2) is 78.4 Å². The van der Waals surface area contributed by atoms with Crippen molar-refractivity contribution >= 4 is 35.0 Å². The van der Waals surface area contributed by atoms with Gasteiger partial charge in [-0.05, 0) is 79.6 Å². The van der Waals surface area contributed by atoms with Gasteiger partial charge in [0.05, 0.1) is 48.8 Å². The molecule has 0 radical (unpaired) electrons. The maximum absolute atomic E-state index is 14.6. The second-order valence-corrected chi connectivity index (χ2v) is 12.8. The zero-order valence-corrected chi connectivity index (χ0v) is 26.2. The van der Waals surface area contributed by atoms with Crippen LogP contribution in [0, 0.1) is 29.1 Å². The number of anilines is 2. The normalized spacial score (nSPS) is 28.5. The Hall–Kier alpha value is -4.92. The summed E-state index contributed by atoms with van der Waals surface area (Å²) >= 11 is 0. The molecule has 6 atom stereocenters. The van der Waals surface area contributed by atoms with Gasteiger partial charge in [0.25, 0.3) is 0 Å². The van der Waals surface area contributed by atoms with E-state index in [0.29, 0.717) is 23.4 Å². The van der Waals surface area contributed by atoms with Crippen molar-refractivity contribution in [2.24, 2.45) is 29.1 Å². The fourth-order valence-electron chi connectivity index (χ4n) is 8.43. The van der Waals surface area contributed by atoms with Gasteiger partial charge in [-0.25, -0.2) is 4.90 Å². The quantitative estimate of drug-likeness (QED) is 0.290. The highest BCUT2D eigenvalue weighted by atomic mass is 16.5. The van der Waals surface area contributed by atoms with E-state index >= 15 is 0 Å². The Balaban J connectivity index is 1.38. The molecule has 0 aromatic heterocycles. The number of ether oxygens (including phenoxy) is 2. The molecule has 2 heterocycles. The number of aryl methyl sites for hydroxylation is 1. The van der Waals surface area contributed by atoms with Gasteiger partial charge in [-0.2, -0.15) is 0 Å². The van der Waals surface area contributed by atoms with Crippen molar-refractivity contribution in [3.63, 3.8) is 0 Å². The molecule has 2 aliphatic carbocycles. The number of methoxy groups -OCH3 is 2. The summed E-state index contributed by atoms with van der Waals surface area (Å²) in [5, 5.41) is 10.8. The minimum atomic E-state index is -1.23. The first-order valence-corrected chi connectivity index (χ1v) is 15.7. The van der Waals surface area contributed by atoms with Crippen LogP contribution in [0.3, 0.4) is 0 Å². The molecule has 1 N–H and O–H groups in total. The molecule has 46 heavy (non-hydrogen) atoms. The Morgan fingerprint density at radius 1 is 0.826 bits per heavy atom. The van der Waals surface area contributed by atoms with Crippen LogP contribution in [0.2, 0.25) is 0 Å². The molecule has 2 saturated heterocycles. The largest absolute Gasteiger partial charge is 0.502 e. The fourth-order valence-corrected chi connectivity index (χ4v) is 8.43. The van der Waals surface area contributed by atoms with Crippen LogP contribution in [-0.2, 0) is 25.6 Å². The lowest BCUT2D eigenvalue weighted by Gasteiger charge is -2.49. The van der Waals surface area contributed by atoms with E-state index in [1.807, 2.05) is 50.3 Å².